The summed E-state index contributed by atoms with van der Waals surface area (Å²) in [5.74, 6) is 3.11. The molecule has 4 unspecified atom stereocenters. The zero-order chi connectivity index (χ0) is 42.9. The topological polar surface area (TPSA) is 25.8 Å². The van der Waals surface area contributed by atoms with Crippen molar-refractivity contribution in [3.05, 3.63) is 46.2 Å². The molecule has 61 heavy (non-hydrogen) atoms. The normalized spacial score (nSPS) is 17.0. The lowest BCUT2D eigenvalue weighted by molar-refractivity contribution is 0.450. The first-order valence-electron chi connectivity index (χ1n) is 24.5. The Bertz CT molecular complexity index is 2190. The fourth-order valence-corrected chi connectivity index (χ4v) is 25.0. The Labute approximate surface area is 395 Å². The second kappa shape index (κ2) is 22.6. The molecule has 7 heterocycles. The molecule has 0 fully saturated rings. The standard InChI is InChI=1S/C52H74N2S6Si/c1-9-17-21-35(13-5)29-39-25-27-55-45(39)49-53-51-52(59-49)54-50(60-51)46-40(30-36(14-6)22-18-10-2)31-41(57-46)42-32-44-48(58-42)47-43(26-28-56-47)61(44,33-37(15-7)23-19-11-3)34-38(16-8)24-20-12-4/h25-28,31-32,35-38H,9-24,29-30,33-34H2,1-8H3. The summed E-state index contributed by atoms with van der Waals surface area (Å²) in [6, 6.07) is 13.2. The monoisotopic (exact) mass is 946 g/mol. The van der Waals surface area contributed by atoms with E-state index in [0.29, 0.717) is 5.92 Å². The van der Waals surface area contributed by atoms with Crippen LogP contribution in [0.3, 0.4) is 0 Å². The van der Waals surface area contributed by atoms with E-state index >= 15 is 0 Å². The molecule has 9 heteroatoms. The third-order valence-electron chi connectivity index (χ3n) is 14.3. The molecule has 0 radical (unpaired) electrons. The highest BCUT2D eigenvalue weighted by Crippen LogP contribution is 2.50. The molecule has 6 aromatic rings. The number of hydrogen-bond acceptors (Lipinski definition) is 8. The van der Waals surface area contributed by atoms with Crippen molar-refractivity contribution >= 4 is 96.1 Å². The Kier molecular flexibility index (Phi) is 17.6. The zero-order valence-corrected chi connectivity index (χ0v) is 44.7. The minimum absolute atomic E-state index is 0.707. The number of rotatable bonds is 27. The van der Waals surface area contributed by atoms with Crippen molar-refractivity contribution in [2.75, 3.05) is 0 Å². The summed E-state index contributed by atoms with van der Waals surface area (Å²) in [6.07, 6.45) is 23.4. The van der Waals surface area contributed by atoms with E-state index in [0.717, 1.165) is 33.8 Å². The van der Waals surface area contributed by atoms with Crippen molar-refractivity contribution in [3.8, 4) is 39.3 Å². The van der Waals surface area contributed by atoms with Gasteiger partial charge >= 0.3 is 0 Å². The molecular weight excluding hydrogens is 873 g/mol. The van der Waals surface area contributed by atoms with Crippen molar-refractivity contribution in [2.45, 2.75) is 183 Å². The number of nitrogens with zero attached hydrogens (tertiary/aromatic N) is 2. The first-order valence-corrected chi connectivity index (χ1v) is 32.0. The minimum atomic E-state index is -1.97. The van der Waals surface area contributed by atoms with E-state index in [1.807, 2.05) is 56.7 Å². The van der Waals surface area contributed by atoms with Crippen LogP contribution in [0.4, 0.5) is 0 Å². The Morgan fingerprint density at radius 2 is 0.951 bits per heavy atom. The van der Waals surface area contributed by atoms with E-state index in [2.05, 4.69) is 102 Å². The van der Waals surface area contributed by atoms with E-state index in [-0.39, 0.29) is 0 Å². The maximum absolute atomic E-state index is 5.45. The highest BCUT2D eigenvalue weighted by atomic mass is 32.1. The summed E-state index contributed by atoms with van der Waals surface area (Å²) in [6.45, 7) is 19.1. The first kappa shape index (κ1) is 47.5. The van der Waals surface area contributed by atoms with Gasteiger partial charge < -0.3 is 0 Å². The van der Waals surface area contributed by atoms with Crippen LogP contribution in [0.15, 0.2) is 35.0 Å². The van der Waals surface area contributed by atoms with E-state index < -0.39 is 8.07 Å². The summed E-state index contributed by atoms with van der Waals surface area (Å²) >= 11 is 11.7. The highest BCUT2D eigenvalue weighted by molar-refractivity contribution is 7.34. The molecule has 332 valence electrons. The SMILES string of the molecule is CCCCC(CC)Cc1ccsc1-c1nc2sc(-c3sc(-c4cc5c(s4)-c4sccc4[Si]5(CC(CC)CCCC)CC(CC)CCCC)cc3CC(CC)CCCC)nc2s1. The van der Waals surface area contributed by atoms with Gasteiger partial charge in [0.2, 0.25) is 0 Å². The lowest BCUT2D eigenvalue weighted by atomic mass is 9.92. The van der Waals surface area contributed by atoms with Crippen LogP contribution in [0.5, 0.6) is 0 Å². The first-order chi connectivity index (χ1) is 29.8. The third kappa shape index (κ3) is 10.7. The summed E-state index contributed by atoms with van der Waals surface area (Å²) in [5, 5.41) is 10.7. The molecule has 7 rings (SSSR count). The van der Waals surface area contributed by atoms with Crippen LogP contribution in [0, 0.1) is 23.7 Å². The second-order valence-electron chi connectivity index (χ2n) is 18.5. The van der Waals surface area contributed by atoms with Crippen molar-refractivity contribution in [2.24, 2.45) is 23.7 Å². The largest absolute Gasteiger partial charge is 0.222 e. The van der Waals surface area contributed by atoms with E-state index in [1.54, 1.807) is 20.1 Å². The number of thiazole rings is 2. The van der Waals surface area contributed by atoms with Gasteiger partial charge in [-0.05, 0) is 99.1 Å². The molecule has 0 amide bonds. The van der Waals surface area contributed by atoms with Gasteiger partial charge in [-0.25, -0.2) is 9.97 Å². The Morgan fingerprint density at radius 1 is 0.475 bits per heavy atom. The molecule has 2 nitrogen and oxygen atoms in total. The molecule has 0 aromatic carbocycles. The van der Waals surface area contributed by atoms with Gasteiger partial charge in [0, 0.05) is 19.5 Å². The molecule has 0 bridgehead atoms. The zero-order valence-electron chi connectivity index (χ0n) is 38.8. The van der Waals surface area contributed by atoms with Gasteiger partial charge in [0.15, 0.2) is 9.66 Å². The van der Waals surface area contributed by atoms with Crippen molar-refractivity contribution in [3.63, 3.8) is 0 Å². The van der Waals surface area contributed by atoms with E-state index in [1.165, 1.54) is 162 Å². The van der Waals surface area contributed by atoms with Crippen molar-refractivity contribution in [1.82, 2.24) is 9.97 Å². The number of unbranched alkanes of at least 4 members (excludes halogenated alkanes) is 4. The number of hydrogen-bond donors (Lipinski definition) is 0. The van der Waals surface area contributed by atoms with Gasteiger partial charge in [-0.15, -0.1) is 45.3 Å². The second-order valence-corrected chi connectivity index (χ2v) is 28.4. The lowest BCUT2D eigenvalue weighted by Crippen LogP contribution is -2.56. The van der Waals surface area contributed by atoms with Crippen molar-refractivity contribution in [1.29, 1.82) is 0 Å². The molecule has 0 saturated heterocycles. The van der Waals surface area contributed by atoms with Gasteiger partial charge in [-0.2, -0.15) is 0 Å². The van der Waals surface area contributed by atoms with Crippen LogP contribution in [-0.2, 0) is 12.8 Å². The van der Waals surface area contributed by atoms with E-state index in [4.69, 9.17) is 9.97 Å². The summed E-state index contributed by atoms with van der Waals surface area (Å²) in [4.78, 5) is 22.1. The third-order valence-corrected chi connectivity index (χ3v) is 26.9. The number of fused-ring (bicyclic) bond motifs is 4. The molecule has 0 aliphatic carbocycles. The Morgan fingerprint density at radius 3 is 1.51 bits per heavy atom. The molecule has 0 N–H and O–H groups in total. The van der Waals surface area contributed by atoms with Gasteiger partial charge in [-0.3, -0.25) is 0 Å². The fourth-order valence-electron chi connectivity index (χ4n) is 10.4. The lowest BCUT2D eigenvalue weighted by Gasteiger charge is -2.35. The van der Waals surface area contributed by atoms with Crippen LogP contribution < -0.4 is 10.4 Å². The van der Waals surface area contributed by atoms with Gasteiger partial charge in [0.25, 0.3) is 0 Å². The number of thiophene rings is 4. The minimum Gasteiger partial charge on any atom is -0.222 e. The Hall–Kier alpha value is -1.46. The average Bonchev–Trinajstić information content (AvgIpc) is 4.13. The van der Waals surface area contributed by atoms with Crippen LogP contribution in [0.25, 0.3) is 48.9 Å². The molecule has 6 aromatic heterocycles. The molecular formula is C52H74N2S6Si. The average molecular weight is 948 g/mol. The predicted octanol–water partition coefficient (Wildman–Crippen LogP) is 18.5. The molecule has 4 atom stereocenters. The van der Waals surface area contributed by atoms with Crippen molar-refractivity contribution < 1.29 is 0 Å². The summed E-state index contributed by atoms with van der Waals surface area (Å²) in [7, 11) is -1.97. The van der Waals surface area contributed by atoms with Crippen LogP contribution in [0.1, 0.15) is 169 Å². The maximum Gasteiger partial charge on any atom is 0.155 e. The molecule has 0 spiro atoms. The quantitative estimate of drug-likeness (QED) is 0.0481. The van der Waals surface area contributed by atoms with Gasteiger partial charge in [0.05, 0.1) is 9.75 Å². The van der Waals surface area contributed by atoms with Gasteiger partial charge in [0.1, 0.15) is 18.1 Å². The predicted molar refractivity (Wildman–Crippen MR) is 284 cm³/mol. The van der Waals surface area contributed by atoms with Gasteiger partial charge in [-0.1, -0.05) is 187 Å². The van der Waals surface area contributed by atoms with Crippen LogP contribution in [-0.4, -0.2) is 18.0 Å². The molecule has 0 saturated carbocycles. The maximum atomic E-state index is 5.45. The van der Waals surface area contributed by atoms with E-state index in [9.17, 15) is 0 Å². The summed E-state index contributed by atoms with van der Waals surface area (Å²) < 4.78 is 0. The number of aromatic nitrogens is 2. The molecule has 1 aliphatic rings. The summed E-state index contributed by atoms with van der Waals surface area (Å²) in [5.41, 5.74) is 3.01. The van der Waals surface area contributed by atoms with Crippen LogP contribution >= 0.6 is 68.0 Å². The fraction of sp³-hybridized carbons (Fsp3) is 0.615. The van der Waals surface area contributed by atoms with Crippen LogP contribution in [0.2, 0.25) is 12.1 Å². The highest BCUT2D eigenvalue weighted by Gasteiger charge is 2.49. The smallest absolute Gasteiger partial charge is 0.155 e. The Balaban J connectivity index is 1.27. The molecule has 1 aliphatic heterocycles.